The topological polar surface area (TPSA) is 69.7 Å². The summed E-state index contributed by atoms with van der Waals surface area (Å²) in [7, 11) is 2.46. The second-order valence-electron chi connectivity index (χ2n) is 2.40. The maximum absolute atomic E-state index is 11.0. The highest BCUT2D eigenvalue weighted by Crippen LogP contribution is 1.94. The molecule has 14 heavy (non-hydrogen) atoms. The molecule has 0 saturated heterocycles. The lowest BCUT2D eigenvalue weighted by atomic mass is 10.2. The van der Waals surface area contributed by atoms with Crippen LogP contribution in [0.25, 0.3) is 0 Å². The highest BCUT2D eigenvalue weighted by molar-refractivity contribution is 5.96. The molecule has 0 aliphatic carbocycles. The summed E-state index contributed by atoms with van der Waals surface area (Å²) in [6, 6.07) is 0. The fourth-order valence-electron chi connectivity index (χ4n) is 0.640. The van der Waals surface area contributed by atoms with Gasteiger partial charge in [-0.15, -0.1) is 0 Å². The van der Waals surface area contributed by atoms with E-state index in [1.54, 1.807) is 0 Å². The molecular formula is C9H12O5. The fraction of sp³-hybridized carbons (Fsp3) is 0.444. The van der Waals surface area contributed by atoms with Gasteiger partial charge in [-0.1, -0.05) is 0 Å². The zero-order valence-corrected chi connectivity index (χ0v) is 8.11. The van der Waals surface area contributed by atoms with Crippen molar-refractivity contribution in [3.63, 3.8) is 0 Å². The van der Waals surface area contributed by atoms with E-state index in [4.69, 9.17) is 0 Å². The number of rotatable bonds is 5. The standard InChI is InChI=1S/C9H12O5/c1-13-8(11)5-3-7(10)4-6-9(12)14-2/h3,5H,4,6H2,1-2H3/b5-3+. The summed E-state index contributed by atoms with van der Waals surface area (Å²) in [5.74, 6) is -1.37. The predicted octanol–water partition coefficient (Wildman–Crippen LogP) is 0.238. The van der Waals surface area contributed by atoms with E-state index in [1.807, 2.05) is 0 Å². The Bertz CT molecular complexity index is 254. The van der Waals surface area contributed by atoms with Crippen LogP contribution in [0.5, 0.6) is 0 Å². The van der Waals surface area contributed by atoms with Crippen LogP contribution in [-0.4, -0.2) is 31.9 Å². The van der Waals surface area contributed by atoms with Crippen molar-refractivity contribution in [2.45, 2.75) is 12.8 Å². The van der Waals surface area contributed by atoms with Crippen LogP contribution < -0.4 is 0 Å². The minimum atomic E-state index is -0.601. The van der Waals surface area contributed by atoms with Crippen LogP contribution in [0.2, 0.25) is 0 Å². The Kier molecular flexibility index (Phi) is 6.02. The van der Waals surface area contributed by atoms with E-state index in [9.17, 15) is 14.4 Å². The van der Waals surface area contributed by atoms with Crippen molar-refractivity contribution in [3.05, 3.63) is 12.2 Å². The maximum Gasteiger partial charge on any atom is 0.330 e. The lowest BCUT2D eigenvalue weighted by Gasteiger charge is -1.95. The molecule has 0 rings (SSSR count). The molecule has 5 heteroatoms. The second-order valence-corrected chi connectivity index (χ2v) is 2.40. The first kappa shape index (κ1) is 12.3. The molecule has 0 unspecified atom stereocenters. The molecule has 78 valence electrons. The maximum atomic E-state index is 11.0. The van der Waals surface area contributed by atoms with E-state index in [0.29, 0.717) is 0 Å². The quantitative estimate of drug-likeness (QED) is 0.469. The molecule has 0 spiro atoms. The Morgan fingerprint density at radius 3 is 2.14 bits per heavy atom. The molecule has 0 fully saturated rings. The minimum absolute atomic E-state index is 0.0147. The number of carbonyl (C=O) groups is 3. The van der Waals surface area contributed by atoms with Crippen LogP contribution in [0.15, 0.2) is 12.2 Å². The number of ketones is 1. The van der Waals surface area contributed by atoms with E-state index in [-0.39, 0.29) is 18.6 Å². The van der Waals surface area contributed by atoms with E-state index in [2.05, 4.69) is 9.47 Å². The molecule has 0 bridgehead atoms. The van der Waals surface area contributed by atoms with Crippen LogP contribution in [0.3, 0.4) is 0 Å². The Balaban J connectivity index is 3.81. The highest BCUT2D eigenvalue weighted by Gasteiger charge is 2.04. The SMILES string of the molecule is COC(=O)/C=C/C(=O)CCC(=O)OC. The third-order valence-corrected chi connectivity index (χ3v) is 1.41. The Hall–Kier alpha value is -1.65. The molecule has 0 aliphatic rings. The van der Waals surface area contributed by atoms with Crippen LogP contribution >= 0.6 is 0 Å². The third-order valence-electron chi connectivity index (χ3n) is 1.41. The van der Waals surface area contributed by atoms with Crippen molar-refractivity contribution in [2.75, 3.05) is 14.2 Å². The molecule has 5 nitrogen and oxygen atoms in total. The minimum Gasteiger partial charge on any atom is -0.469 e. The Morgan fingerprint density at radius 1 is 1.00 bits per heavy atom. The van der Waals surface area contributed by atoms with Crippen molar-refractivity contribution < 1.29 is 23.9 Å². The second kappa shape index (κ2) is 6.82. The number of hydrogen-bond donors (Lipinski definition) is 0. The molecule has 0 amide bonds. The summed E-state index contributed by atoms with van der Waals surface area (Å²) in [5, 5.41) is 0. The number of esters is 2. The zero-order valence-electron chi connectivity index (χ0n) is 8.11. The van der Waals surface area contributed by atoms with Gasteiger partial charge in [-0.05, 0) is 6.08 Å². The third kappa shape index (κ3) is 5.93. The normalized spacial score (nSPS) is 9.86. The van der Waals surface area contributed by atoms with Crippen LogP contribution in [0.1, 0.15) is 12.8 Å². The van der Waals surface area contributed by atoms with Gasteiger partial charge in [-0.3, -0.25) is 9.59 Å². The summed E-state index contributed by atoms with van der Waals surface area (Å²) in [5.41, 5.74) is 0. The number of carbonyl (C=O) groups excluding carboxylic acids is 3. The Morgan fingerprint density at radius 2 is 1.64 bits per heavy atom. The molecule has 0 heterocycles. The average Bonchev–Trinajstić information content (AvgIpc) is 2.22. The lowest BCUT2D eigenvalue weighted by molar-refractivity contribution is -0.141. The van der Waals surface area contributed by atoms with E-state index < -0.39 is 11.9 Å². The predicted molar refractivity (Wildman–Crippen MR) is 47.4 cm³/mol. The van der Waals surface area contributed by atoms with Gasteiger partial charge in [0.1, 0.15) is 0 Å². The van der Waals surface area contributed by atoms with Crippen molar-refractivity contribution in [1.29, 1.82) is 0 Å². The largest absolute Gasteiger partial charge is 0.469 e. The number of hydrogen-bond acceptors (Lipinski definition) is 5. The molecule has 0 N–H and O–H groups in total. The first-order chi connectivity index (χ1) is 6.60. The summed E-state index contributed by atoms with van der Waals surface area (Å²) in [6.07, 6.45) is 2.13. The van der Waals surface area contributed by atoms with E-state index in [1.165, 1.54) is 14.2 Å². The number of methoxy groups -OCH3 is 2. The van der Waals surface area contributed by atoms with Gasteiger partial charge < -0.3 is 9.47 Å². The molecule has 0 aliphatic heterocycles. The molecule has 0 aromatic heterocycles. The van der Waals surface area contributed by atoms with Crippen molar-refractivity contribution in [1.82, 2.24) is 0 Å². The van der Waals surface area contributed by atoms with Crippen molar-refractivity contribution in [3.8, 4) is 0 Å². The van der Waals surface area contributed by atoms with Gasteiger partial charge in [0.05, 0.1) is 20.6 Å². The smallest absolute Gasteiger partial charge is 0.330 e. The van der Waals surface area contributed by atoms with E-state index >= 15 is 0 Å². The average molecular weight is 200 g/mol. The van der Waals surface area contributed by atoms with Crippen LogP contribution in [0.4, 0.5) is 0 Å². The summed E-state index contributed by atoms with van der Waals surface area (Å²) >= 11 is 0. The van der Waals surface area contributed by atoms with Crippen LogP contribution in [-0.2, 0) is 23.9 Å². The molecule has 0 aromatic carbocycles. The van der Waals surface area contributed by atoms with Gasteiger partial charge in [0.15, 0.2) is 5.78 Å². The Labute approximate surface area is 81.7 Å². The van der Waals surface area contributed by atoms with Gasteiger partial charge >= 0.3 is 11.9 Å². The zero-order chi connectivity index (χ0) is 11.0. The van der Waals surface area contributed by atoms with Gasteiger partial charge in [-0.2, -0.15) is 0 Å². The molecule has 0 radical (unpaired) electrons. The summed E-state index contributed by atoms with van der Waals surface area (Å²) < 4.78 is 8.62. The number of ether oxygens (including phenoxy) is 2. The molecule has 0 aromatic rings. The summed E-state index contributed by atoms with van der Waals surface area (Å²) in [4.78, 5) is 32.2. The molecule has 0 atom stereocenters. The lowest BCUT2D eigenvalue weighted by Crippen LogP contribution is -2.04. The van der Waals surface area contributed by atoms with Gasteiger partial charge in [0.2, 0.25) is 0 Å². The van der Waals surface area contributed by atoms with Gasteiger partial charge in [-0.25, -0.2) is 4.79 Å². The van der Waals surface area contributed by atoms with Gasteiger partial charge in [0, 0.05) is 12.5 Å². The fourth-order valence-corrected chi connectivity index (χ4v) is 0.640. The summed E-state index contributed by atoms with van der Waals surface area (Å²) in [6.45, 7) is 0. The van der Waals surface area contributed by atoms with E-state index in [0.717, 1.165) is 12.2 Å². The van der Waals surface area contributed by atoms with Crippen molar-refractivity contribution in [2.24, 2.45) is 0 Å². The monoisotopic (exact) mass is 200 g/mol. The first-order valence-electron chi connectivity index (χ1n) is 3.95. The first-order valence-corrected chi connectivity index (χ1v) is 3.95. The van der Waals surface area contributed by atoms with Gasteiger partial charge in [0.25, 0.3) is 0 Å². The highest BCUT2D eigenvalue weighted by atomic mass is 16.5. The van der Waals surface area contributed by atoms with Crippen molar-refractivity contribution >= 4 is 17.7 Å². The van der Waals surface area contributed by atoms with Crippen LogP contribution in [0, 0.1) is 0 Å². The number of allylic oxidation sites excluding steroid dienone is 1. The molecular weight excluding hydrogens is 188 g/mol. The molecule has 0 saturated carbocycles.